The number of nitrogens with zero attached hydrogens (tertiary/aromatic N) is 2. The SMILES string of the molecule is CNc1nc(-c2cc(F)ccc2C)nc2c1CCCCC2. The summed E-state index contributed by atoms with van der Waals surface area (Å²) in [5, 5.41) is 3.18. The second-order valence-electron chi connectivity index (χ2n) is 5.59. The van der Waals surface area contributed by atoms with Crippen molar-refractivity contribution in [1.29, 1.82) is 0 Å². The lowest BCUT2D eigenvalue weighted by atomic mass is 10.1. The summed E-state index contributed by atoms with van der Waals surface area (Å²) in [4.78, 5) is 9.37. The average Bonchev–Trinajstić information content (AvgIpc) is 2.74. The molecule has 21 heavy (non-hydrogen) atoms. The molecule has 110 valence electrons. The van der Waals surface area contributed by atoms with Crippen molar-refractivity contribution in [3.05, 3.63) is 40.8 Å². The summed E-state index contributed by atoms with van der Waals surface area (Å²) >= 11 is 0. The average molecular weight is 285 g/mol. The van der Waals surface area contributed by atoms with Crippen LogP contribution in [0.3, 0.4) is 0 Å². The first kappa shape index (κ1) is 14.0. The summed E-state index contributed by atoms with van der Waals surface area (Å²) in [7, 11) is 1.88. The van der Waals surface area contributed by atoms with Gasteiger partial charge in [-0.2, -0.15) is 0 Å². The third-order valence-electron chi connectivity index (χ3n) is 4.11. The molecule has 0 fully saturated rings. The Balaban J connectivity index is 2.15. The van der Waals surface area contributed by atoms with E-state index in [1.54, 1.807) is 6.07 Å². The van der Waals surface area contributed by atoms with Gasteiger partial charge in [0.05, 0.1) is 0 Å². The van der Waals surface area contributed by atoms with Crippen LogP contribution in [-0.2, 0) is 12.8 Å². The van der Waals surface area contributed by atoms with Crippen LogP contribution in [0.5, 0.6) is 0 Å². The summed E-state index contributed by atoms with van der Waals surface area (Å²) in [6, 6.07) is 4.77. The van der Waals surface area contributed by atoms with Gasteiger partial charge in [0.2, 0.25) is 0 Å². The number of nitrogens with one attached hydrogen (secondary N) is 1. The van der Waals surface area contributed by atoms with Crippen molar-refractivity contribution < 1.29 is 4.39 Å². The summed E-state index contributed by atoms with van der Waals surface area (Å²) in [6.07, 6.45) is 5.58. The van der Waals surface area contributed by atoms with Gasteiger partial charge < -0.3 is 5.32 Å². The lowest BCUT2D eigenvalue weighted by Crippen LogP contribution is -2.07. The fourth-order valence-corrected chi connectivity index (χ4v) is 2.93. The topological polar surface area (TPSA) is 37.8 Å². The minimum absolute atomic E-state index is 0.250. The second kappa shape index (κ2) is 5.80. The molecule has 1 aromatic heterocycles. The van der Waals surface area contributed by atoms with E-state index in [1.165, 1.54) is 30.5 Å². The van der Waals surface area contributed by atoms with E-state index in [9.17, 15) is 4.39 Å². The molecule has 1 heterocycles. The lowest BCUT2D eigenvalue weighted by molar-refractivity contribution is 0.627. The van der Waals surface area contributed by atoms with Crippen LogP contribution in [0, 0.1) is 12.7 Å². The van der Waals surface area contributed by atoms with Crippen LogP contribution in [0.2, 0.25) is 0 Å². The number of aryl methyl sites for hydroxylation is 2. The third-order valence-corrected chi connectivity index (χ3v) is 4.11. The van der Waals surface area contributed by atoms with E-state index in [2.05, 4.69) is 10.3 Å². The van der Waals surface area contributed by atoms with Crippen molar-refractivity contribution >= 4 is 5.82 Å². The van der Waals surface area contributed by atoms with Gasteiger partial charge in [0, 0.05) is 23.9 Å². The van der Waals surface area contributed by atoms with Crippen molar-refractivity contribution in [3.8, 4) is 11.4 Å². The van der Waals surface area contributed by atoms with Crippen LogP contribution in [0.1, 0.15) is 36.1 Å². The monoisotopic (exact) mass is 285 g/mol. The van der Waals surface area contributed by atoms with Crippen LogP contribution in [0.25, 0.3) is 11.4 Å². The Labute approximate surface area is 124 Å². The Hall–Kier alpha value is -1.97. The van der Waals surface area contributed by atoms with Crippen molar-refractivity contribution in [2.75, 3.05) is 12.4 Å². The molecule has 0 atom stereocenters. The van der Waals surface area contributed by atoms with Crippen LogP contribution in [-0.4, -0.2) is 17.0 Å². The van der Waals surface area contributed by atoms with Gasteiger partial charge in [0.15, 0.2) is 5.82 Å². The lowest BCUT2D eigenvalue weighted by Gasteiger charge is -2.14. The van der Waals surface area contributed by atoms with E-state index >= 15 is 0 Å². The van der Waals surface area contributed by atoms with E-state index < -0.39 is 0 Å². The fourth-order valence-electron chi connectivity index (χ4n) is 2.93. The van der Waals surface area contributed by atoms with E-state index in [4.69, 9.17) is 4.98 Å². The molecule has 1 N–H and O–H groups in total. The highest BCUT2D eigenvalue weighted by Crippen LogP contribution is 2.29. The fraction of sp³-hybridized carbons (Fsp3) is 0.412. The van der Waals surface area contributed by atoms with Gasteiger partial charge in [-0.15, -0.1) is 0 Å². The molecule has 1 aliphatic rings. The number of anilines is 1. The summed E-state index contributed by atoms with van der Waals surface area (Å²) in [5.41, 5.74) is 4.11. The molecule has 0 aliphatic heterocycles. The van der Waals surface area contributed by atoms with Crippen LogP contribution in [0.4, 0.5) is 10.2 Å². The number of aromatic nitrogens is 2. The van der Waals surface area contributed by atoms with Crippen molar-refractivity contribution in [1.82, 2.24) is 9.97 Å². The van der Waals surface area contributed by atoms with Crippen molar-refractivity contribution in [2.24, 2.45) is 0 Å². The van der Waals surface area contributed by atoms with E-state index in [1.807, 2.05) is 14.0 Å². The molecule has 0 saturated heterocycles. The van der Waals surface area contributed by atoms with Crippen LogP contribution < -0.4 is 5.32 Å². The largest absolute Gasteiger partial charge is 0.373 e. The number of fused-ring (bicyclic) bond motifs is 1. The standard InChI is InChI=1S/C17H20FN3/c1-11-8-9-12(18)10-14(11)17-20-15-7-5-3-4-6-13(15)16(19-2)21-17/h8-10H,3-7H2,1-2H3,(H,19,20,21). The highest BCUT2D eigenvalue weighted by molar-refractivity contribution is 5.63. The third kappa shape index (κ3) is 2.75. The Morgan fingerprint density at radius 3 is 2.71 bits per heavy atom. The van der Waals surface area contributed by atoms with E-state index in [0.29, 0.717) is 5.82 Å². The minimum atomic E-state index is -0.250. The molecule has 0 spiro atoms. The van der Waals surface area contributed by atoms with E-state index in [-0.39, 0.29) is 5.82 Å². The molecule has 0 amide bonds. The van der Waals surface area contributed by atoms with Gasteiger partial charge in [-0.05, 0) is 50.3 Å². The summed E-state index contributed by atoms with van der Waals surface area (Å²) in [6.45, 7) is 1.96. The van der Waals surface area contributed by atoms with Crippen LogP contribution in [0.15, 0.2) is 18.2 Å². The maximum Gasteiger partial charge on any atom is 0.162 e. The maximum atomic E-state index is 13.5. The number of hydrogen-bond acceptors (Lipinski definition) is 3. The number of hydrogen-bond donors (Lipinski definition) is 1. The molecule has 1 aromatic carbocycles. The normalized spacial score (nSPS) is 14.4. The Morgan fingerprint density at radius 1 is 1.10 bits per heavy atom. The number of halogens is 1. The van der Waals surface area contributed by atoms with Gasteiger partial charge in [-0.25, -0.2) is 14.4 Å². The Morgan fingerprint density at radius 2 is 1.90 bits per heavy atom. The molecule has 0 unspecified atom stereocenters. The molecular formula is C17H20FN3. The molecule has 0 radical (unpaired) electrons. The van der Waals surface area contributed by atoms with Gasteiger partial charge in [0.25, 0.3) is 0 Å². The molecule has 3 rings (SSSR count). The first-order valence-corrected chi connectivity index (χ1v) is 7.53. The first-order chi connectivity index (χ1) is 10.2. The predicted molar refractivity (Wildman–Crippen MR) is 83.0 cm³/mol. The molecule has 1 aliphatic carbocycles. The minimum Gasteiger partial charge on any atom is -0.373 e. The molecular weight excluding hydrogens is 265 g/mol. The van der Waals surface area contributed by atoms with Gasteiger partial charge >= 0.3 is 0 Å². The summed E-state index contributed by atoms with van der Waals surface area (Å²) < 4.78 is 13.5. The molecule has 4 heteroatoms. The van der Waals surface area contributed by atoms with Crippen LogP contribution >= 0.6 is 0 Å². The molecule has 0 bridgehead atoms. The maximum absolute atomic E-state index is 13.5. The zero-order valence-corrected chi connectivity index (χ0v) is 12.5. The molecule has 0 saturated carbocycles. The molecule has 2 aromatic rings. The van der Waals surface area contributed by atoms with Crippen molar-refractivity contribution in [3.63, 3.8) is 0 Å². The van der Waals surface area contributed by atoms with Gasteiger partial charge in [-0.1, -0.05) is 12.5 Å². The summed E-state index contributed by atoms with van der Waals surface area (Å²) in [5.74, 6) is 1.26. The highest BCUT2D eigenvalue weighted by atomic mass is 19.1. The Bertz CT molecular complexity index is 667. The first-order valence-electron chi connectivity index (χ1n) is 7.53. The number of rotatable bonds is 2. The highest BCUT2D eigenvalue weighted by Gasteiger charge is 2.17. The molecule has 3 nitrogen and oxygen atoms in total. The predicted octanol–water partition coefficient (Wildman–Crippen LogP) is 3.90. The second-order valence-corrected chi connectivity index (χ2v) is 5.59. The van der Waals surface area contributed by atoms with Crippen molar-refractivity contribution in [2.45, 2.75) is 39.0 Å². The zero-order valence-electron chi connectivity index (χ0n) is 12.5. The zero-order chi connectivity index (χ0) is 14.8. The smallest absolute Gasteiger partial charge is 0.162 e. The van der Waals surface area contributed by atoms with E-state index in [0.717, 1.165) is 41.9 Å². The Kier molecular flexibility index (Phi) is 3.86. The quantitative estimate of drug-likeness (QED) is 0.850. The number of benzene rings is 1. The van der Waals surface area contributed by atoms with Gasteiger partial charge in [0.1, 0.15) is 11.6 Å². The van der Waals surface area contributed by atoms with Gasteiger partial charge in [-0.3, -0.25) is 0 Å².